The highest BCUT2D eigenvalue weighted by Crippen LogP contribution is 2.35. The summed E-state index contributed by atoms with van der Waals surface area (Å²) in [6, 6.07) is 16.9. The lowest BCUT2D eigenvalue weighted by Crippen LogP contribution is -2.49. The highest BCUT2D eigenvalue weighted by atomic mass is 16.7. The fourth-order valence-electron chi connectivity index (χ4n) is 3.40. The predicted molar refractivity (Wildman–Crippen MR) is 94.8 cm³/mol. The number of nitriles is 1. The molecule has 4 rings (SSSR count). The van der Waals surface area contributed by atoms with E-state index in [0.717, 1.165) is 5.56 Å². The van der Waals surface area contributed by atoms with Gasteiger partial charge in [0.2, 0.25) is 6.79 Å². The molecule has 2 heterocycles. The zero-order valence-corrected chi connectivity index (χ0v) is 14.3. The number of hydrogen-bond donors (Lipinski definition) is 0. The van der Waals surface area contributed by atoms with Crippen molar-refractivity contribution >= 4 is 5.91 Å². The molecule has 2 aliphatic rings. The van der Waals surface area contributed by atoms with Gasteiger partial charge >= 0.3 is 0 Å². The first-order chi connectivity index (χ1) is 12.8. The summed E-state index contributed by atoms with van der Waals surface area (Å²) in [5, 5.41) is 9.69. The van der Waals surface area contributed by atoms with Gasteiger partial charge in [-0.25, -0.2) is 0 Å². The van der Waals surface area contributed by atoms with Gasteiger partial charge in [0, 0.05) is 31.7 Å². The van der Waals surface area contributed by atoms with Crippen LogP contribution in [0.2, 0.25) is 0 Å². The Morgan fingerprint density at radius 2 is 1.73 bits per heavy atom. The Labute approximate surface area is 152 Å². The van der Waals surface area contributed by atoms with Crippen LogP contribution in [-0.4, -0.2) is 48.7 Å². The zero-order valence-electron chi connectivity index (χ0n) is 14.3. The van der Waals surface area contributed by atoms with Crippen LogP contribution in [0, 0.1) is 11.3 Å². The molecule has 1 fully saturated rings. The Bertz CT molecular complexity index is 839. The van der Waals surface area contributed by atoms with E-state index >= 15 is 0 Å². The molecule has 0 radical (unpaired) electrons. The summed E-state index contributed by atoms with van der Waals surface area (Å²) in [6.45, 7) is 2.75. The largest absolute Gasteiger partial charge is 0.454 e. The SMILES string of the molecule is N#CC(c1ccc2c(c1)OCO2)N1CCN(C(=O)c2ccccc2)CC1. The number of fused-ring (bicyclic) bond motifs is 1. The number of nitrogens with zero attached hydrogens (tertiary/aromatic N) is 3. The molecule has 0 saturated carbocycles. The van der Waals surface area contributed by atoms with Crippen molar-refractivity contribution in [2.75, 3.05) is 33.0 Å². The lowest BCUT2D eigenvalue weighted by atomic mass is 10.0. The maximum atomic E-state index is 12.6. The molecule has 1 unspecified atom stereocenters. The number of piperazine rings is 1. The van der Waals surface area contributed by atoms with Crippen molar-refractivity contribution in [3.63, 3.8) is 0 Å². The Morgan fingerprint density at radius 1 is 1.00 bits per heavy atom. The van der Waals surface area contributed by atoms with Crippen molar-refractivity contribution < 1.29 is 14.3 Å². The van der Waals surface area contributed by atoms with E-state index in [1.165, 1.54) is 0 Å². The van der Waals surface area contributed by atoms with Crippen LogP contribution >= 0.6 is 0 Å². The summed E-state index contributed by atoms with van der Waals surface area (Å²) < 4.78 is 10.7. The molecule has 132 valence electrons. The van der Waals surface area contributed by atoms with E-state index in [-0.39, 0.29) is 18.7 Å². The normalized spacial score (nSPS) is 17.6. The predicted octanol–water partition coefficient (Wildman–Crippen LogP) is 2.44. The van der Waals surface area contributed by atoms with Gasteiger partial charge in [0.15, 0.2) is 11.5 Å². The first-order valence-electron chi connectivity index (χ1n) is 8.64. The molecular formula is C20H19N3O3. The molecule has 2 aromatic rings. The molecule has 2 aliphatic heterocycles. The Morgan fingerprint density at radius 3 is 2.46 bits per heavy atom. The van der Waals surface area contributed by atoms with Gasteiger partial charge in [-0.2, -0.15) is 5.26 Å². The van der Waals surface area contributed by atoms with E-state index in [1.54, 1.807) is 0 Å². The Balaban J connectivity index is 1.43. The highest BCUT2D eigenvalue weighted by Gasteiger charge is 2.28. The smallest absolute Gasteiger partial charge is 0.253 e. The minimum absolute atomic E-state index is 0.0434. The van der Waals surface area contributed by atoms with Crippen LogP contribution in [-0.2, 0) is 0 Å². The minimum atomic E-state index is -0.363. The quantitative estimate of drug-likeness (QED) is 0.851. The third kappa shape index (κ3) is 3.09. The van der Waals surface area contributed by atoms with Gasteiger partial charge in [0.05, 0.1) is 6.07 Å². The molecule has 0 bridgehead atoms. The van der Waals surface area contributed by atoms with E-state index in [1.807, 2.05) is 53.4 Å². The topological polar surface area (TPSA) is 65.8 Å². The number of carbonyl (C=O) groups is 1. The summed E-state index contributed by atoms with van der Waals surface area (Å²) in [7, 11) is 0. The van der Waals surface area contributed by atoms with Crippen molar-refractivity contribution in [3.8, 4) is 17.6 Å². The number of rotatable bonds is 3. The number of amides is 1. The third-order valence-corrected chi connectivity index (χ3v) is 4.82. The van der Waals surface area contributed by atoms with E-state index in [9.17, 15) is 10.1 Å². The van der Waals surface area contributed by atoms with Crippen LogP contribution in [0.4, 0.5) is 0 Å². The lowest BCUT2D eigenvalue weighted by molar-refractivity contribution is 0.0606. The Kier molecular flexibility index (Phi) is 4.46. The van der Waals surface area contributed by atoms with E-state index < -0.39 is 0 Å². The molecule has 0 N–H and O–H groups in total. The number of carbonyl (C=O) groups excluding carboxylic acids is 1. The van der Waals surface area contributed by atoms with Crippen LogP contribution in [0.25, 0.3) is 0 Å². The maximum absolute atomic E-state index is 12.6. The standard InChI is InChI=1S/C20H19N3O3/c21-13-17(16-6-7-18-19(12-16)26-14-25-18)22-8-10-23(11-9-22)20(24)15-4-2-1-3-5-15/h1-7,12,17H,8-11,14H2. The fourth-order valence-corrected chi connectivity index (χ4v) is 3.40. The lowest BCUT2D eigenvalue weighted by Gasteiger charge is -2.37. The van der Waals surface area contributed by atoms with Crippen molar-refractivity contribution in [2.24, 2.45) is 0 Å². The first-order valence-corrected chi connectivity index (χ1v) is 8.64. The van der Waals surface area contributed by atoms with Crippen LogP contribution < -0.4 is 9.47 Å². The molecule has 1 saturated heterocycles. The van der Waals surface area contributed by atoms with Crippen molar-refractivity contribution in [2.45, 2.75) is 6.04 Å². The number of ether oxygens (including phenoxy) is 2. The summed E-state index contributed by atoms with van der Waals surface area (Å²) in [4.78, 5) is 16.5. The minimum Gasteiger partial charge on any atom is -0.454 e. The zero-order chi connectivity index (χ0) is 17.9. The molecule has 26 heavy (non-hydrogen) atoms. The van der Waals surface area contributed by atoms with Gasteiger partial charge in [0.25, 0.3) is 5.91 Å². The van der Waals surface area contributed by atoms with Gasteiger partial charge in [-0.1, -0.05) is 24.3 Å². The second-order valence-corrected chi connectivity index (χ2v) is 6.34. The van der Waals surface area contributed by atoms with Crippen molar-refractivity contribution in [1.29, 1.82) is 5.26 Å². The maximum Gasteiger partial charge on any atom is 0.253 e. The summed E-state index contributed by atoms with van der Waals surface area (Å²) in [5.41, 5.74) is 1.59. The molecule has 6 nitrogen and oxygen atoms in total. The van der Waals surface area contributed by atoms with Crippen LogP contribution in [0.5, 0.6) is 11.5 Å². The second kappa shape index (κ2) is 7.06. The summed E-state index contributed by atoms with van der Waals surface area (Å²) in [6.07, 6.45) is 0. The first kappa shape index (κ1) is 16.4. The van der Waals surface area contributed by atoms with E-state index in [0.29, 0.717) is 43.2 Å². The monoisotopic (exact) mass is 349 g/mol. The third-order valence-electron chi connectivity index (χ3n) is 4.82. The Hall–Kier alpha value is -3.04. The van der Waals surface area contributed by atoms with Gasteiger partial charge < -0.3 is 14.4 Å². The molecule has 1 atom stereocenters. The van der Waals surface area contributed by atoms with Gasteiger partial charge in [-0.3, -0.25) is 9.69 Å². The molecule has 0 spiro atoms. The van der Waals surface area contributed by atoms with Crippen LogP contribution in [0.3, 0.4) is 0 Å². The fraction of sp³-hybridized carbons (Fsp3) is 0.300. The molecular weight excluding hydrogens is 330 g/mol. The molecule has 0 aromatic heterocycles. The average Bonchev–Trinajstić information content (AvgIpc) is 3.17. The molecule has 1 amide bonds. The van der Waals surface area contributed by atoms with E-state index in [2.05, 4.69) is 11.0 Å². The van der Waals surface area contributed by atoms with Gasteiger partial charge in [-0.05, 0) is 29.8 Å². The van der Waals surface area contributed by atoms with Crippen LogP contribution in [0.1, 0.15) is 22.0 Å². The van der Waals surface area contributed by atoms with Gasteiger partial charge in [-0.15, -0.1) is 0 Å². The van der Waals surface area contributed by atoms with Gasteiger partial charge in [0.1, 0.15) is 6.04 Å². The summed E-state index contributed by atoms with van der Waals surface area (Å²) >= 11 is 0. The number of benzene rings is 2. The second-order valence-electron chi connectivity index (χ2n) is 6.34. The summed E-state index contributed by atoms with van der Waals surface area (Å²) in [5.74, 6) is 1.44. The average molecular weight is 349 g/mol. The molecule has 6 heteroatoms. The van der Waals surface area contributed by atoms with Crippen molar-refractivity contribution in [3.05, 3.63) is 59.7 Å². The van der Waals surface area contributed by atoms with Crippen molar-refractivity contribution in [1.82, 2.24) is 9.80 Å². The van der Waals surface area contributed by atoms with Crippen LogP contribution in [0.15, 0.2) is 48.5 Å². The molecule has 0 aliphatic carbocycles. The van der Waals surface area contributed by atoms with E-state index in [4.69, 9.17) is 9.47 Å². The molecule has 2 aromatic carbocycles. The number of hydrogen-bond acceptors (Lipinski definition) is 5. The highest BCUT2D eigenvalue weighted by molar-refractivity contribution is 5.94.